The molecule has 0 radical (unpaired) electrons. The zero-order valence-corrected chi connectivity index (χ0v) is 12.7. The van der Waals surface area contributed by atoms with Crippen LogP contribution in [0.1, 0.15) is 28.4 Å². The molecular weight excluding hydrogens is 280 g/mol. The number of aryl methyl sites for hydroxylation is 2. The number of likely N-dealkylation sites (tertiary alicyclic amines) is 1. The number of hydrogen-bond donors (Lipinski definition) is 0. The zero-order chi connectivity index (χ0) is 13.6. The first-order valence-corrected chi connectivity index (χ1v) is 8.34. The van der Waals surface area contributed by atoms with Crippen LogP contribution in [0.15, 0.2) is 0 Å². The number of carbonyl (C=O) groups excluding carboxylic acids is 2. The molecule has 2 aliphatic heterocycles. The monoisotopic (exact) mass is 296 g/mol. The van der Waals surface area contributed by atoms with Crippen LogP contribution in [-0.2, 0) is 16.1 Å². The standard InChI is InChI=1S/C13H16N2O2S2/c1-8-9(2)19-10(14-8)6-15-11(16)5-13(12(15)17)3-4-18-7-13/h3-7H2,1-2H3. The molecule has 0 aromatic carbocycles. The Morgan fingerprint density at radius 1 is 1.37 bits per heavy atom. The summed E-state index contributed by atoms with van der Waals surface area (Å²) in [4.78, 5) is 31.6. The summed E-state index contributed by atoms with van der Waals surface area (Å²) in [5.74, 6) is 1.78. The Labute approximate surface area is 120 Å². The minimum Gasteiger partial charge on any atom is -0.275 e. The van der Waals surface area contributed by atoms with Crippen LogP contribution in [0.25, 0.3) is 0 Å². The van der Waals surface area contributed by atoms with Crippen LogP contribution in [0.5, 0.6) is 0 Å². The van der Waals surface area contributed by atoms with Crippen LogP contribution < -0.4 is 0 Å². The number of amides is 2. The van der Waals surface area contributed by atoms with E-state index in [1.54, 1.807) is 23.1 Å². The van der Waals surface area contributed by atoms with Gasteiger partial charge in [-0.1, -0.05) is 0 Å². The summed E-state index contributed by atoms with van der Waals surface area (Å²) >= 11 is 3.35. The van der Waals surface area contributed by atoms with Gasteiger partial charge in [-0.25, -0.2) is 4.98 Å². The second-order valence-corrected chi connectivity index (χ2v) is 7.69. The quantitative estimate of drug-likeness (QED) is 0.785. The molecule has 102 valence electrons. The van der Waals surface area contributed by atoms with Crippen molar-refractivity contribution in [2.24, 2.45) is 5.41 Å². The first-order valence-electron chi connectivity index (χ1n) is 6.37. The summed E-state index contributed by atoms with van der Waals surface area (Å²) in [5, 5.41) is 0.861. The van der Waals surface area contributed by atoms with Crippen molar-refractivity contribution < 1.29 is 9.59 Å². The Bertz CT molecular complexity index is 527. The first kappa shape index (κ1) is 13.1. The van der Waals surface area contributed by atoms with E-state index in [-0.39, 0.29) is 11.8 Å². The third-order valence-corrected chi connectivity index (χ3v) is 6.27. The molecule has 0 N–H and O–H groups in total. The minimum absolute atomic E-state index is 0.0213. The van der Waals surface area contributed by atoms with Crippen molar-refractivity contribution in [1.82, 2.24) is 9.88 Å². The minimum atomic E-state index is -0.400. The van der Waals surface area contributed by atoms with Crippen molar-refractivity contribution in [3.05, 3.63) is 15.6 Å². The molecule has 6 heteroatoms. The molecule has 4 nitrogen and oxygen atoms in total. The van der Waals surface area contributed by atoms with E-state index >= 15 is 0 Å². The van der Waals surface area contributed by atoms with Gasteiger partial charge < -0.3 is 0 Å². The summed E-state index contributed by atoms with van der Waals surface area (Å²) in [7, 11) is 0. The van der Waals surface area contributed by atoms with Crippen LogP contribution in [0.3, 0.4) is 0 Å². The number of thioether (sulfide) groups is 1. The summed E-state index contributed by atoms with van der Waals surface area (Å²) in [5.41, 5.74) is 0.591. The highest BCUT2D eigenvalue weighted by Crippen LogP contribution is 2.45. The van der Waals surface area contributed by atoms with Crippen molar-refractivity contribution >= 4 is 34.9 Å². The van der Waals surface area contributed by atoms with Gasteiger partial charge >= 0.3 is 0 Å². The van der Waals surface area contributed by atoms with Gasteiger partial charge in [-0.2, -0.15) is 11.8 Å². The SMILES string of the molecule is Cc1nc(CN2C(=O)CC3(CCSC3)C2=O)sc1C. The van der Waals surface area contributed by atoms with E-state index in [4.69, 9.17) is 0 Å². The molecule has 0 saturated carbocycles. The number of thiazole rings is 1. The third-order valence-electron chi connectivity index (χ3n) is 3.96. The molecule has 1 spiro atoms. The normalized spacial score (nSPS) is 26.9. The lowest BCUT2D eigenvalue weighted by Gasteiger charge is -2.19. The van der Waals surface area contributed by atoms with E-state index < -0.39 is 5.41 Å². The molecule has 1 atom stereocenters. The molecule has 3 rings (SSSR count). The summed E-state index contributed by atoms with van der Waals surface area (Å²) < 4.78 is 0. The second kappa shape index (κ2) is 4.59. The van der Waals surface area contributed by atoms with E-state index in [2.05, 4.69) is 4.98 Å². The lowest BCUT2D eigenvalue weighted by molar-refractivity contribution is -0.141. The largest absolute Gasteiger partial charge is 0.275 e. The second-order valence-electron chi connectivity index (χ2n) is 5.29. The van der Waals surface area contributed by atoms with E-state index in [0.29, 0.717) is 13.0 Å². The van der Waals surface area contributed by atoms with E-state index in [0.717, 1.165) is 33.5 Å². The number of rotatable bonds is 2. The van der Waals surface area contributed by atoms with E-state index in [1.165, 1.54) is 4.90 Å². The number of nitrogens with zero attached hydrogens (tertiary/aromatic N) is 2. The smallest absolute Gasteiger partial charge is 0.237 e. The van der Waals surface area contributed by atoms with Crippen LogP contribution in [0.2, 0.25) is 0 Å². The molecule has 2 fully saturated rings. The van der Waals surface area contributed by atoms with Gasteiger partial charge in [-0.05, 0) is 26.0 Å². The average Bonchev–Trinajstić information content (AvgIpc) is 2.99. The Morgan fingerprint density at radius 2 is 2.16 bits per heavy atom. The van der Waals surface area contributed by atoms with Gasteiger partial charge in [0.15, 0.2) is 0 Å². The zero-order valence-electron chi connectivity index (χ0n) is 11.1. The van der Waals surface area contributed by atoms with E-state index in [9.17, 15) is 9.59 Å². The molecular formula is C13H16N2O2S2. The van der Waals surface area contributed by atoms with Gasteiger partial charge in [-0.3, -0.25) is 14.5 Å². The highest BCUT2D eigenvalue weighted by molar-refractivity contribution is 7.99. The van der Waals surface area contributed by atoms with Crippen LogP contribution in [0, 0.1) is 19.3 Å². The van der Waals surface area contributed by atoms with Crippen molar-refractivity contribution in [2.45, 2.75) is 33.2 Å². The average molecular weight is 296 g/mol. The van der Waals surface area contributed by atoms with Crippen molar-refractivity contribution in [3.63, 3.8) is 0 Å². The Hall–Kier alpha value is -0.880. The number of carbonyl (C=O) groups is 2. The number of imide groups is 1. The highest BCUT2D eigenvalue weighted by atomic mass is 32.2. The Balaban J connectivity index is 1.81. The molecule has 1 unspecified atom stereocenters. The summed E-state index contributed by atoms with van der Waals surface area (Å²) in [6.07, 6.45) is 1.23. The van der Waals surface area contributed by atoms with Crippen molar-refractivity contribution in [2.75, 3.05) is 11.5 Å². The van der Waals surface area contributed by atoms with Gasteiger partial charge in [0.2, 0.25) is 11.8 Å². The highest BCUT2D eigenvalue weighted by Gasteiger charge is 2.53. The lowest BCUT2D eigenvalue weighted by Crippen LogP contribution is -2.35. The van der Waals surface area contributed by atoms with Crippen LogP contribution in [0.4, 0.5) is 0 Å². The van der Waals surface area contributed by atoms with Gasteiger partial charge in [0, 0.05) is 17.1 Å². The molecule has 2 saturated heterocycles. The third kappa shape index (κ3) is 2.10. The molecule has 1 aromatic rings. The molecule has 3 heterocycles. The predicted molar refractivity (Wildman–Crippen MR) is 76.1 cm³/mol. The van der Waals surface area contributed by atoms with Gasteiger partial charge in [0.1, 0.15) is 5.01 Å². The summed E-state index contributed by atoms with van der Waals surface area (Å²) in [6.45, 7) is 4.32. The maximum absolute atomic E-state index is 12.5. The van der Waals surface area contributed by atoms with Gasteiger partial charge in [-0.15, -0.1) is 11.3 Å². The van der Waals surface area contributed by atoms with Crippen molar-refractivity contribution in [1.29, 1.82) is 0 Å². The molecule has 1 aromatic heterocycles. The van der Waals surface area contributed by atoms with Crippen LogP contribution >= 0.6 is 23.1 Å². The maximum atomic E-state index is 12.5. The molecule has 0 aliphatic carbocycles. The fraction of sp³-hybridized carbons (Fsp3) is 0.615. The van der Waals surface area contributed by atoms with Gasteiger partial charge in [0.05, 0.1) is 17.7 Å². The maximum Gasteiger partial charge on any atom is 0.237 e. The predicted octanol–water partition coefficient (Wildman–Crippen LogP) is 2.14. The molecule has 0 bridgehead atoms. The van der Waals surface area contributed by atoms with Crippen molar-refractivity contribution in [3.8, 4) is 0 Å². The molecule has 19 heavy (non-hydrogen) atoms. The number of hydrogen-bond acceptors (Lipinski definition) is 5. The first-order chi connectivity index (χ1) is 9.02. The number of aromatic nitrogens is 1. The summed E-state index contributed by atoms with van der Waals surface area (Å²) in [6, 6.07) is 0. The molecule has 2 amide bonds. The fourth-order valence-corrected chi connectivity index (χ4v) is 5.04. The molecule has 2 aliphatic rings. The Kier molecular flexibility index (Phi) is 3.17. The van der Waals surface area contributed by atoms with Crippen LogP contribution in [-0.4, -0.2) is 33.2 Å². The lowest BCUT2D eigenvalue weighted by atomic mass is 9.86. The topological polar surface area (TPSA) is 50.3 Å². The van der Waals surface area contributed by atoms with E-state index in [1.807, 2.05) is 13.8 Å². The van der Waals surface area contributed by atoms with Gasteiger partial charge in [0.25, 0.3) is 0 Å². The Morgan fingerprint density at radius 3 is 2.74 bits per heavy atom. The fourth-order valence-electron chi connectivity index (χ4n) is 2.68.